The molecule has 1 aromatic carbocycles. The Balaban J connectivity index is 2.21. The van der Waals surface area contributed by atoms with E-state index >= 15 is 0 Å². The Morgan fingerprint density at radius 3 is 2.12 bits per heavy atom. The third-order valence-electron chi connectivity index (χ3n) is 4.45. The molecule has 3 nitrogen and oxygen atoms in total. The molecular formula is C21H35NO2. The maximum atomic E-state index is 12.3. The second-order valence-corrected chi connectivity index (χ2v) is 6.84. The molecule has 1 aromatic rings. The molecule has 0 aliphatic carbocycles. The molecular weight excluding hydrogens is 298 g/mol. The first-order valence-corrected chi connectivity index (χ1v) is 9.52. The Kier molecular flexibility index (Phi) is 11.2. The van der Waals surface area contributed by atoms with Crippen LogP contribution in [0.25, 0.3) is 0 Å². The van der Waals surface area contributed by atoms with Crippen LogP contribution in [0.15, 0.2) is 30.3 Å². The highest BCUT2D eigenvalue weighted by Gasteiger charge is 2.21. The molecule has 0 heterocycles. The first-order chi connectivity index (χ1) is 11.6. The fourth-order valence-electron chi connectivity index (χ4n) is 2.88. The lowest BCUT2D eigenvalue weighted by Crippen LogP contribution is -2.37. The van der Waals surface area contributed by atoms with E-state index in [9.17, 15) is 4.79 Å². The zero-order chi connectivity index (χ0) is 17.6. The van der Waals surface area contributed by atoms with Crippen LogP contribution in [0.1, 0.15) is 70.3 Å². The van der Waals surface area contributed by atoms with Gasteiger partial charge in [-0.2, -0.15) is 0 Å². The van der Waals surface area contributed by atoms with E-state index in [4.69, 9.17) is 4.74 Å². The van der Waals surface area contributed by atoms with E-state index in [-0.39, 0.29) is 12.0 Å². The summed E-state index contributed by atoms with van der Waals surface area (Å²) >= 11 is 0. The summed E-state index contributed by atoms with van der Waals surface area (Å²) in [5.41, 5.74) is 1.04. The minimum Gasteiger partial charge on any atom is -0.460 e. The Labute approximate surface area is 148 Å². The SMILES string of the molecule is CCCCCCCCCCC(C(=O)OCc1ccccc1)N(C)C. The van der Waals surface area contributed by atoms with Crippen LogP contribution in [-0.2, 0) is 16.1 Å². The predicted molar refractivity (Wildman–Crippen MR) is 101 cm³/mol. The minimum atomic E-state index is -0.131. The summed E-state index contributed by atoms with van der Waals surface area (Å²) in [6, 6.07) is 9.73. The Bertz CT molecular complexity index is 431. The highest BCUT2D eigenvalue weighted by molar-refractivity contribution is 5.75. The van der Waals surface area contributed by atoms with Crippen LogP contribution in [0.5, 0.6) is 0 Å². The number of hydrogen-bond acceptors (Lipinski definition) is 3. The van der Waals surface area contributed by atoms with Gasteiger partial charge in [-0.25, -0.2) is 0 Å². The number of likely N-dealkylation sites (N-methyl/N-ethyl adjacent to an activating group) is 1. The van der Waals surface area contributed by atoms with Gasteiger partial charge in [0.15, 0.2) is 0 Å². The van der Waals surface area contributed by atoms with Crippen molar-refractivity contribution < 1.29 is 9.53 Å². The van der Waals surface area contributed by atoms with Gasteiger partial charge in [0.1, 0.15) is 12.6 Å². The lowest BCUT2D eigenvalue weighted by atomic mass is 10.0. The van der Waals surface area contributed by atoms with Crippen molar-refractivity contribution in [3.63, 3.8) is 0 Å². The maximum Gasteiger partial charge on any atom is 0.323 e. The number of carbonyl (C=O) groups is 1. The number of ether oxygens (including phenoxy) is 1. The Hall–Kier alpha value is -1.35. The third-order valence-corrected chi connectivity index (χ3v) is 4.45. The molecule has 0 bridgehead atoms. The first kappa shape index (κ1) is 20.7. The molecule has 0 aromatic heterocycles. The summed E-state index contributed by atoms with van der Waals surface area (Å²) in [7, 11) is 3.92. The maximum absolute atomic E-state index is 12.3. The van der Waals surface area contributed by atoms with Gasteiger partial charge in [-0.15, -0.1) is 0 Å². The van der Waals surface area contributed by atoms with Gasteiger partial charge in [-0.3, -0.25) is 9.69 Å². The van der Waals surface area contributed by atoms with Gasteiger partial charge in [-0.1, -0.05) is 88.6 Å². The van der Waals surface area contributed by atoms with Crippen LogP contribution in [0, 0.1) is 0 Å². The second-order valence-electron chi connectivity index (χ2n) is 6.84. The molecule has 0 saturated heterocycles. The average molecular weight is 334 g/mol. The molecule has 3 heteroatoms. The van der Waals surface area contributed by atoms with E-state index in [0.717, 1.165) is 18.4 Å². The third kappa shape index (κ3) is 9.07. The van der Waals surface area contributed by atoms with Gasteiger partial charge in [0, 0.05) is 0 Å². The van der Waals surface area contributed by atoms with Crippen molar-refractivity contribution in [3.8, 4) is 0 Å². The molecule has 1 unspecified atom stereocenters. The number of nitrogens with zero attached hydrogens (tertiary/aromatic N) is 1. The summed E-state index contributed by atoms with van der Waals surface area (Å²) in [6.45, 7) is 2.61. The molecule has 0 amide bonds. The van der Waals surface area contributed by atoms with Gasteiger partial charge in [0.25, 0.3) is 0 Å². The van der Waals surface area contributed by atoms with Gasteiger partial charge in [-0.05, 0) is 26.1 Å². The molecule has 0 N–H and O–H groups in total. The number of benzene rings is 1. The molecule has 1 rings (SSSR count). The lowest BCUT2D eigenvalue weighted by Gasteiger charge is -2.22. The molecule has 24 heavy (non-hydrogen) atoms. The van der Waals surface area contributed by atoms with Crippen LogP contribution in [-0.4, -0.2) is 31.0 Å². The van der Waals surface area contributed by atoms with Crippen LogP contribution in [0.3, 0.4) is 0 Å². The molecule has 0 spiro atoms. The number of rotatable bonds is 13. The van der Waals surface area contributed by atoms with Crippen molar-refractivity contribution in [1.82, 2.24) is 4.90 Å². The van der Waals surface area contributed by atoms with E-state index in [1.54, 1.807) is 0 Å². The van der Waals surface area contributed by atoms with Crippen molar-refractivity contribution in [3.05, 3.63) is 35.9 Å². The van der Waals surface area contributed by atoms with Crippen molar-refractivity contribution in [2.24, 2.45) is 0 Å². The van der Waals surface area contributed by atoms with Gasteiger partial charge in [0.2, 0.25) is 0 Å². The standard InChI is InChI=1S/C21H35NO2/c1-4-5-6-7-8-9-10-14-17-20(22(2)3)21(23)24-18-19-15-12-11-13-16-19/h11-13,15-16,20H,4-10,14,17-18H2,1-3H3. The van der Waals surface area contributed by atoms with Gasteiger partial charge < -0.3 is 4.74 Å². The van der Waals surface area contributed by atoms with E-state index in [2.05, 4.69) is 6.92 Å². The van der Waals surface area contributed by atoms with Crippen LogP contribution >= 0.6 is 0 Å². The lowest BCUT2D eigenvalue weighted by molar-refractivity contribution is -0.150. The smallest absolute Gasteiger partial charge is 0.323 e. The van der Waals surface area contributed by atoms with Crippen molar-refractivity contribution in [2.75, 3.05) is 14.1 Å². The number of esters is 1. The van der Waals surface area contributed by atoms with Crippen LogP contribution < -0.4 is 0 Å². The molecule has 0 radical (unpaired) electrons. The molecule has 1 atom stereocenters. The summed E-state index contributed by atoms with van der Waals surface area (Å²) in [5.74, 6) is -0.105. The zero-order valence-corrected chi connectivity index (χ0v) is 15.8. The molecule has 0 fully saturated rings. The number of hydrogen-bond donors (Lipinski definition) is 0. The summed E-state index contributed by atoms with van der Waals surface area (Å²) < 4.78 is 5.49. The fourth-order valence-corrected chi connectivity index (χ4v) is 2.88. The average Bonchev–Trinajstić information content (AvgIpc) is 2.59. The molecule has 0 aliphatic heterocycles. The van der Waals surface area contributed by atoms with Gasteiger partial charge in [0.05, 0.1) is 0 Å². The van der Waals surface area contributed by atoms with E-state index in [1.807, 2.05) is 49.3 Å². The Morgan fingerprint density at radius 1 is 0.958 bits per heavy atom. The first-order valence-electron chi connectivity index (χ1n) is 9.52. The minimum absolute atomic E-state index is 0.105. The summed E-state index contributed by atoms with van der Waals surface area (Å²) in [4.78, 5) is 14.3. The number of unbranched alkanes of at least 4 members (excludes halogenated alkanes) is 7. The topological polar surface area (TPSA) is 29.5 Å². The molecule has 0 aliphatic rings. The summed E-state index contributed by atoms with van der Waals surface area (Å²) in [5, 5.41) is 0. The number of carbonyl (C=O) groups excluding carboxylic acids is 1. The molecule has 0 saturated carbocycles. The quantitative estimate of drug-likeness (QED) is 0.367. The highest BCUT2D eigenvalue weighted by atomic mass is 16.5. The van der Waals surface area contributed by atoms with E-state index in [1.165, 1.54) is 44.9 Å². The zero-order valence-electron chi connectivity index (χ0n) is 15.8. The normalized spacial score (nSPS) is 12.3. The van der Waals surface area contributed by atoms with E-state index in [0.29, 0.717) is 6.61 Å². The largest absolute Gasteiger partial charge is 0.460 e. The highest BCUT2D eigenvalue weighted by Crippen LogP contribution is 2.14. The monoisotopic (exact) mass is 333 g/mol. The van der Waals surface area contributed by atoms with Crippen molar-refractivity contribution in [2.45, 2.75) is 77.4 Å². The molecule has 136 valence electrons. The summed E-state index contributed by atoms with van der Waals surface area (Å²) in [6.07, 6.45) is 11.2. The predicted octanol–water partition coefficient (Wildman–Crippen LogP) is 5.19. The fraction of sp³-hybridized carbons (Fsp3) is 0.667. The van der Waals surface area contributed by atoms with Crippen LogP contribution in [0.2, 0.25) is 0 Å². The van der Waals surface area contributed by atoms with Gasteiger partial charge >= 0.3 is 5.97 Å². The second kappa shape index (κ2) is 13.0. The van der Waals surface area contributed by atoms with Crippen LogP contribution in [0.4, 0.5) is 0 Å². The van der Waals surface area contributed by atoms with E-state index < -0.39 is 0 Å². The Morgan fingerprint density at radius 2 is 1.54 bits per heavy atom. The van der Waals surface area contributed by atoms with Crippen molar-refractivity contribution >= 4 is 5.97 Å². The van der Waals surface area contributed by atoms with Crippen molar-refractivity contribution in [1.29, 1.82) is 0 Å².